The maximum Gasteiger partial charge on any atom is 0.426 e. The first kappa shape index (κ1) is 13.7. The first-order valence-corrected chi connectivity index (χ1v) is 7.65. The zero-order chi connectivity index (χ0) is 13.9. The van der Waals surface area contributed by atoms with E-state index in [-0.39, 0.29) is 11.3 Å². The SMILES string of the molecule is Cc1ccc(OC(F)(F)c2ccc(C[SiH3])cc2)cc1. The number of alkyl halides is 2. The van der Waals surface area contributed by atoms with E-state index in [0.29, 0.717) is 0 Å². The van der Waals surface area contributed by atoms with Crippen LogP contribution in [0.2, 0.25) is 0 Å². The highest BCUT2D eigenvalue weighted by molar-refractivity contribution is 6.08. The number of benzene rings is 2. The van der Waals surface area contributed by atoms with Crippen molar-refractivity contribution in [2.75, 3.05) is 0 Å². The van der Waals surface area contributed by atoms with E-state index < -0.39 is 6.11 Å². The molecule has 0 saturated carbocycles. The quantitative estimate of drug-likeness (QED) is 0.781. The first-order valence-electron chi connectivity index (χ1n) is 6.24. The molecule has 0 radical (unpaired) electrons. The molecule has 0 aromatic heterocycles. The van der Waals surface area contributed by atoms with E-state index in [9.17, 15) is 8.78 Å². The normalized spacial score (nSPS) is 11.5. The van der Waals surface area contributed by atoms with Gasteiger partial charge in [-0.25, -0.2) is 0 Å². The minimum Gasteiger partial charge on any atom is -0.429 e. The Bertz CT molecular complexity index is 535. The molecule has 0 spiro atoms. The summed E-state index contributed by atoms with van der Waals surface area (Å²) in [5.74, 6) is 0.169. The average Bonchev–Trinajstić information content (AvgIpc) is 2.41. The Kier molecular flexibility index (Phi) is 4.00. The lowest BCUT2D eigenvalue weighted by Gasteiger charge is -2.18. The summed E-state index contributed by atoms with van der Waals surface area (Å²) in [4.78, 5) is 0. The summed E-state index contributed by atoms with van der Waals surface area (Å²) in [7, 11) is 1.02. The van der Waals surface area contributed by atoms with Crippen molar-refractivity contribution in [2.24, 2.45) is 0 Å². The Morgan fingerprint density at radius 2 is 1.58 bits per heavy atom. The summed E-state index contributed by atoms with van der Waals surface area (Å²) in [6.45, 7) is 1.90. The molecule has 0 aliphatic rings. The van der Waals surface area contributed by atoms with Gasteiger partial charge in [0.2, 0.25) is 0 Å². The molecule has 2 rings (SSSR count). The van der Waals surface area contributed by atoms with Crippen LogP contribution in [-0.2, 0) is 12.2 Å². The monoisotopic (exact) mass is 278 g/mol. The third-order valence-corrected chi connectivity index (χ3v) is 3.78. The Hall–Kier alpha value is -1.68. The molecule has 0 fully saturated rings. The zero-order valence-electron chi connectivity index (χ0n) is 11.0. The van der Waals surface area contributed by atoms with E-state index in [0.717, 1.165) is 27.4 Å². The van der Waals surface area contributed by atoms with E-state index in [1.807, 2.05) is 6.92 Å². The number of hydrogen-bond acceptors (Lipinski definition) is 1. The Labute approximate surface area is 114 Å². The molecule has 0 aliphatic heterocycles. The largest absolute Gasteiger partial charge is 0.429 e. The van der Waals surface area contributed by atoms with Crippen LogP contribution in [0.25, 0.3) is 0 Å². The highest BCUT2D eigenvalue weighted by Gasteiger charge is 2.34. The van der Waals surface area contributed by atoms with E-state index >= 15 is 0 Å². The van der Waals surface area contributed by atoms with Crippen LogP contribution in [0.5, 0.6) is 5.75 Å². The predicted octanol–water partition coefficient (Wildman–Crippen LogP) is 2.99. The van der Waals surface area contributed by atoms with Crippen molar-refractivity contribution in [1.82, 2.24) is 0 Å². The smallest absolute Gasteiger partial charge is 0.426 e. The van der Waals surface area contributed by atoms with Gasteiger partial charge in [0.25, 0.3) is 0 Å². The van der Waals surface area contributed by atoms with Crippen molar-refractivity contribution in [3.05, 3.63) is 65.2 Å². The molecule has 2 aromatic rings. The molecule has 1 nitrogen and oxygen atoms in total. The Morgan fingerprint density at radius 1 is 1.00 bits per heavy atom. The lowest BCUT2D eigenvalue weighted by Crippen LogP contribution is -2.21. The number of hydrogen-bond donors (Lipinski definition) is 0. The van der Waals surface area contributed by atoms with Gasteiger partial charge in [-0.15, -0.1) is 0 Å². The van der Waals surface area contributed by atoms with E-state index in [1.165, 1.54) is 12.1 Å². The van der Waals surface area contributed by atoms with Crippen LogP contribution < -0.4 is 4.74 Å². The van der Waals surface area contributed by atoms with E-state index in [2.05, 4.69) is 0 Å². The molecule has 19 heavy (non-hydrogen) atoms. The topological polar surface area (TPSA) is 9.23 Å². The van der Waals surface area contributed by atoms with Crippen molar-refractivity contribution in [2.45, 2.75) is 19.1 Å². The molecule has 0 saturated heterocycles. The van der Waals surface area contributed by atoms with Gasteiger partial charge in [-0.3, -0.25) is 0 Å². The minimum absolute atomic E-state index is 0.119. The Balaban J connectivity index is 2.18. The highest BCUT2D eigenvalue weighted by Crippen LogP contribution is 2.31. The molecule has 0 N–H and O–H groups in total. The lowest BCUT2D eigenvalue weighted by atomic mass is 10.1. The number of ether oxygens (including phenoxy) is 1. The summed E-state index contributed by atoms with van der Waals surface area (Å²) in [6.07, 6.45) is -3.31. The number of aryl methyl sites for hydroxylation is 1. The minimum atomic E-state index is -3.31. The highest BCUT2D eigenvalue weighted by atomic mass is 28.1. The van der Waals surface area contributed by atoms with Crippen LogP contribution in [0.15, 0.2) is 48.5 Å². The molecule has 0 atom stereocenters. The molecule has 0 amide bonds. The third kappa shape index (κ3) is 3.41. The molecular formula is C15H16F2OSi. The maximum atomic E-state index is 14.0. The predicted molar refractivity (Wildman–Crippen MR) is 75.8 cm³/mol. The van der Waals surface area contributed by atoms with Crippen LogP contribution in [0.4, 0.5) is 8.78 Å². The van der Waals surface area contributed by atoms with Gasteiger partial charge in [-0.05, 0) is 37.2 Å². The van der Waals surface area contributed by atoms with Gasteiger partial charge in [0.05, 0.1) is 5.56 Å². The van der Waals surface area contributed by atoms with Gasteiger partial charge in [-0.2, -0.15) is 8.78 Å². The van der Waals surface area contributed by atoms with Crippen LogP contribution in [-0.4, -0.2) is 10.2 Å². The first-order chi connectivity index (χ1) is 9.01. The van der Waals surface area contributed by atoms with Crippen LogP contribution in [0, 0.1) is 6.92 Å². The van der Waals surface area contributed by atoms with Gasteiger partial charge >= 0.3 is 6.11 Å². The molecule has 0 heterocycles. The maximum absolute atomic E-state index is 14.0. The van der Waals surface area contributed by atoms with Gasteiger partial charge in [-0.1, -0.05) is 35.4 Å². The second kappa shape index (κ2) is 5.53. The van der Waals surface area contributed by atoms with Crippen molar-refractivity contribution >= 4 is 10.2 Å². The molecule has 0 aliphatic carbocycles. The van der Waals surface area contributed by atoms with Crippen LogP contribution >= 0.6 is 0 Å². The fourth-order valence-electron chi connectivity index (χ4n) is 1.75. The molecule has 0 bridgehead atoms. The second-order valence-electron chi connectivity index (χ2n) is 4.48. The third-order valence-electron chi connectivity index (χ3n) is 2.97. The van der Waals surface area contributed by atoms with Gasteiger partial charge < -0.3 is 4.74 Å². The summed E-state index contributed by atoms with van der Waals surface area (Å²) in [6, 6.07) is 13.9. The second-order valence-corrected chi connectivity index (χ2v) is 5.19. The van der Waals surface area contributed by atoms with Gasteiger partial charge in [0.15, 0.2) is 0 Å². The summed E-state index contributed by atoms with van der Waals surface area (Å²) >= 11 is 0. The Morgan fingerprint density at radius 3 is 2.11 bits per heavy atom. The number of halogens is 2. The van der Waals surface area contributed by atoms with Crippen molar-refractivity contribution in [3.63, 3.8) is 0 Å². The number of rotatable bonds is 4. The van der Waals surface area contributed by atoms with Crippen LogP contribution in [0.3, 0.4) is 0 Å². The summed E-state index contributed by atoms with van der Waals surface area (Å²) in [5.41, 5.74) is 1.97. The average molecular weight is 278 g/mol. The summed E-state index contributed by atoms with van der Waals surface area (Å²) in [5, 5.41) is 0. The fourth-order valence-corrected chi connectivity index (χ4v) is 2.22. The van der Waals surface area contributed by atoms with Gasteiger partial charge in [0, 0.05) is 10.2 Å². The molecule has 4 heteroatoms. The zero-order valence-corrected chi connectivity index (χ0v) is 13.0. The fraction of sp³-hybridized carbons (Fsp3) is 0.200. The molecule has 2 aromatic carbocycles. The molecule has 100 valence electrons. The lowest BCUT2D eigenvalue weighted by molar-refractivity contribution is -0.185. The molecule has 0 unspecified atom stereocenters. The summed E-state index contributed by atoms with van der Waals surface area (Å²) < 4.78 is 32.7. The molecular weight excluding hydrogens is 262 g/mol. The van der Waals surface area contributed by atoms with Crippen molar-refractivity contribution in [3.8, 4) is 5.75 Å². The van der Waals surface area contributed by atoms with Crippen molar-refractivity contribution < 1.29 is 13.5 Å². The van der Waals surface area contributed by atoms with Crippen molar-refractivity contribution in [1.29, 1.82) is 0 Å². The van der Waals surface area contributed by atoms with E-state index in [4.69, 9.17) is 4.74 Å². The van der Waals surface area contributed by atoms with E-state index in [1.54, 1.807) is 36.4 Å². The standard InChI is InChI=1S/C15H16F2OSi/c1-11-2-8-14(9-3-11)18-15(16,17)13-6-4-12(10-19)5-7-13/h2-9H,10H2,1,19H3. The van der Waals surface area contributed by atoms with Crippen LogP contribution in [0.1, 0.15) is 16.7 Å². The van der Waals surface area contributed by atoms with Gasteiger partial charge in [0.1, 0.15) is 5.75 Å².